The maximum absolute atomic E-state index is 12.5. The molecule has 19 heavy (non-hydrogen) atoms. The van der Waals surface area contributed by atoms with E-state index in [1.165, 1.54) is 12.3 Å². The normalized spacial score (nSPS) is 11.0. The first-order valence-electron chi connectivity index (χ1n) is 5.90. The van der Waals surface area contributed by atoms with Gasteiger partial charge in [0.2, 0.25) is 0 Å². The Labute approximate surface area is 108 Å². The summed E-state index contributed by atoms with van der Waals surface area (Å²) in [5.41, 5.74) is 1.18. The van der Waals surface area contributed by atoms with Gasteiger partial charge in [0.25, 0.3) is 5.56 Å². The SMILES string of the molecule is C=Cc1c[nH]c(=O)c2c(c1=O)c1ccccc1n2C. The van der Waals surface area contributed by atoms with Gasteiger partial charge in [0.15, 0.2) is 5.43 Å². The van der Waals surface area contributed by atoms with E-state index in [1.54, 1.807) is 11.6 Å². The summed E-state index contributed by atoms with van der Waals surface area (Å²) in [6.45, 7) is 3.61. The monoisotopic (exact) mass is 252 g/mol. The number of hydrogen-bond acceptors (Lipinski definition) is 2. The number of nitrogens with one attached hydrogen (secondary N) is 1. The number of hydrogen-bond donors (Lipinski definition) is 1. The fourth-order valence-corrected chi connectivity index (χ4v) is 2.46. The number of H-pyrrole nitrogens is 1. The molecule has 0 bridgehead atoms. The minimum Gasteiger partial charge on any atom is -0.339 e. The van der Waals surface area contributed by atoms with E-state index in [0.29, 0.717) is 16.5 Å². The number of aromatic amines is 1. The van der Waals surface area contributed by atoms with Crippen LogP contribution in [0.4, 0.5) is 0 Å². The molecular weight excluding hydrogens is 240 g/mol. The number of benzene rings is 1. The van der Waals surface area contributed by atoms with Crippen molar-refractivity contribution < 1.29 is 0 Å². The molecule has 0 saturated heterocycles. The molecule has 0 saturated carbocycles. The molecule has 1 N–H and O–H groups in total. The average molecular weight is 252 g/mol. The average Bonchev–Trinajstić information content (AvgIpc) is 2.65. The Kier molecular flexibility index (Phi) is 2.38. The minimum absolute atomic E-state index is 0.180. The molecule has 94 valence electrons. The standard InChI is InChI=1S/C15H12N2O2/c1-3-9-8-16-15(19)13-12(14(9)18)10-6-4-5-7-11(10)17(13)2/h3-8H,1H2,2H3,(H,16,19). The van der Waals surface area contributed by atoms with Crippen LogP contribution in [0.1, 0.15) is 5.56 Å². The molecule has 0 spiro atoms. The van der Waals surface area contributed by atoms with E-state index in [1.807, 2.05) is 24.3 Å². The summed E-state index contributed by atoms with van der Waals surface area (Å²) in [5, 5.41) is 1.23. The Morgan fingerprint density at radius 3 is 2.74 bits per heavy atom. The molecule has 4 heteroatoms. The number of aromatic nitrogens is 2. The molecule has 0 aliphatic rings. The predicted molar refractivity (Wildman–Crippen MR) is 77.4 cm³/mol. The van der Waals surface area contributed by atoms with Crippen molar-refractivity contribution in [1.29, 1.82) is 0 Å². The van der Waals surface area contributed by atoms with Crippen LogP contribution in [0.5, 0.6) is 0 Å². The number of fused-ring (bicyclic) bond motifs is 3. The zero-order valence-electron chi connectivity index (χ0n) is 10.4. The van der Waals surface area contributed by atoms with E-state index in [4.69, 9.17) is 0 Å². The van der Waals surface area contributed by atoms with Crippen molar-refractivity contribution >= 4 is 27.9 Å². The highest BCUT2D eigenvalue weighted by Crippen LogP contribution is 2.22. The van der Waals surface area contributed by atoms with E-state index in [2.05, 4.69) is 11.6 Å². The number of para-hydroxylation sites is 1. The Morgan fingerprint density at radius 2 is 2.00 bits per heavy atom. The Bertz CT molecular complexity index is 932. The molecular formula is C15H12N2O2. The number of rotatable bonds is 1. The highest BCUT2D eigenvalue weighted by molar-refractivity contribution is 6.07. The van der Waals surface area contributed by atoms with E-state index in [9.17, 15) is 9.59 Å². The van der Waals surface area contributed by atoms with E-state index in [0.717, 1.165) is 10.9 Å². The van der Waals surface area contributed by atoms with Crippen molar-refractivity contribution in [3.05, 3.63) is 63.2 Å². The van der Waals surface area contributed by atoms with Gasteiger partial charge in [-0.05, 0) is 6.07 Å². The van der Waals surface area contributed by atoms with Gasteiger partial charge in [-0.1, -0.05) is 30.9 Å². The first-order valence-corrected chi connectivity index (χ1v) is 5.90. The second-order valence-electron chi connectivity index (χ2n) is 4.41. The van der Waals surface area contributed by atoms with Gasteiger partial charge in [-0.15, -0.1) is 0 Å². The molecule has 3 rings (SSSR count). The largest absolute Gasteiger partial charge is 0.339 e. The van der Waals surface area contributed by atoms with Crippen molar-refractivity contribution in [3.63, 3.8) is 0 Å². The molecule has 0 amide bonds. The third kappa shape index (κ3) is 1.46. The fraction of sp³-hybridized carbons (Fsp3) is 0.0667. The minimum atomic E-state index is -0.279. The summed E-state index contributed by atoms with van der Waals surface area (Å²) in [5.74, 6) is 0. The van der Waals surface area contributed by atoms with E-state index in [-0.39, 0.29) is 11.0 Å². The lowest BCUT2D eigenvalue weighted by molar-refractivity contribution is 1.00. The summed E-state index contributed by atoms with van der Waals surface area (Å²) in [7, 11) is 1.78. The first kappa shape index (κ1) is 11.5. The van der Waals surface area contributed by atoms with Crippen LogP contribution in [0.25, 0.3) is 27.9 Å². The van der Waals surface area contributed by atoms with Crippen molar-refractivity contribution in [1.82, 2.24) is 9.55 Å². The Morgan fingerprint density at radius 1 is 1.26 bits per heavy atom. The smallest absolute Gasteiger partial charge is 0.272 e. The van der Waals surface area contributed by atoms with Crippen molar-refractivity contribution in [2.24, 2.45) is 7.05 Å². The van der Waals surface area contributed by atoms with Crippen LogP contribution in [-0.2, 0) is 7.05 Å². The lowest BCUT2D eigenvalue weighted by atomic mass is 10.1. The van der Waals surface area contributed by atoms with Crippen LogP contribution in [0.2, 0.25) is 0 Å². The zero-order chi connectivity index (χ0) is 13.6. The summed E-state index contributed by atoms with van der Waals surface area (Å²) >= 11 is 0. The van der Waals surface area contributed by atoms with Crippen LogP contribution in [0.3, 0.4) is 0 Å². The van der Waals surface area contributed by atoms with Gasteiger partial charge in [0.1, 0.15) is 5.52 Å². The molecule has 2 heterocycles. The maximum atomic E-state index is 12.5. The van der Waals surface area contributed by atoms with Gasteiger partial charge in [-0.2, -0.15) is 0 Å². The Hall–Kier alpha value is -2.62. The van der Waals surface area contributed by atoms with Crippen LogP contribution in [0.15, 0.2) is 46.6 Å². The molecule has 0 atom stereocenters. The van der Waals surface area contributed by atoms with E-state index < -0.39 is 0 Å². The van der Waals surface area contributed by atoms with E-state index >= 15 is 0 Å². The number of nitrogens with zero attached hydrogens (tertiary/aromatic N) is 1. The molecule has 4 nitrogen and oxygen atoms in total. The molecule has 0 radical (unpaired) electrons. The van der Waals surface area contributed by atoms with Gasteiger partial charge in [0, 0.05) is 29.7 Å². The van der Waals surface area contributed by atoms with Crippen molar-refractivity contribution in [3.8, 4) is 0 Å². The highest BCUT2D eigenvalue weighted by Gasteiger charge is 2.13. The molecule has 3 aromatic rings. The van der Waals surface area contributed by atoms with Gasteiger partial charge >= 0.3 is 0 Å². The van der Waals surface area contributed by atoms with Gasteiger partial charge in [-0.3, -0.25) is 9.59 Å². The van der Waals surface area contributed by atoms with Crippen molar-refractivity contribution in [2.75, 3.05) is 0 Å². The van der Waals surface area contributed by atoms with Gasteiger partial charge in [-0.25, -0.2) is 0 Å². The third-order valence-corrected chi connectivity index (χ3v) is 3.39. The Balaban J connectivity index is 2.82. The summed E-state index contributed by atoms with van der Waals surface area (Å²) in [4.78, 5) is 27.3. The lowest BCUT2D eigenvalue weighted by Crippen LogP contribution is -2.06. The highest BCUT2D eigenvalue weighted by atomic mass is 16.1. The fourth-order valence-electron chi connectivity index (χ4n) is 2.46. The zero-order valence-corrected chi connectivity index (χ0v) is 10.4. The summed E-state index contributed by atoms with van der Waals surface area (Å²) < 4.78 is 1.75. The van der Waals surface area contributed by atoms with Crippen LogP contribution in [-0.4, -0.2) is 9.55 Å². The quantitative estimate of drug-likeness (QED) is 0.720. The van der Waals surface area contributed by atoms with Crippen LogP contribution < -0.4 is 11.0 Å². The third-order valence-electron chi connectivity index (χ3n) is 3.39. The summed E-state index contributed by atoms with van der Waals surface area (Å²) in [6, 6.07) is 7.48. The molecule has 0 fully saturated rings. The molecule has 1 aromatic carbocycles. The van der Waals surface area contributed by atoms with Crippen molar-refractivity contribution in [2.45, 2.75) is 0 Å². The first-order chi connectivity index (χ1) is 9.15. The second-order valence-corrected chi connectivity index (χ2v) is 4.41. The molecule has 2 aromatic heterocycles. The maximum Gasteiger partial charge on any atom is 0.272 e. The summed E-state index contributed by atoms with van der Waals surface area (Å²) in [6.07, 6.45) is 2.87. The van der Waals surface area contributed by atoms with Gasteiger partial charge in [0.05, 0.1) is 5.39 Å². The second kappa shape index (κ2) is 3.95. The van der Waals surface area contributed by atoms with Gasteiger partial charge < -0.3 is 9.55 Å². The topological polar surface area (TPSA) is 54.9 Å². The predicted octanol–water partition coefficient (Wildman–Crippen LogP) is 2.02. The molecule has 0 unspecified atom stereocenters. The number of aryl methyl sites for hydroxylation is 1. The lowest BCUT2D eigenvalue weighted by Gasteiger charge is -1.94. The van der Waals surface area contributed by atoms with Crippen LogP contribution >= 0.6 is 0 Å². The molecule has 0 aliphatic carbocycles. The molecule has 0 aliphatic heterocycles. The van der Waals surface area contributed by atoms with Crippen LogP contribution in [0, 0.1) is 0 Å².